The first kappa shape index (κ1) is 21.3. The number of thioether (sulfide) groups is 1. The molecular weight excluding hydrogens is 438 g/mol. The first-order valence-electron chi connectivity index (χ1n) is 8.38. The van der Waals surface area contributed by atoms with Crippen molar-refractivity contribution < 1.29 is 14.0 Å². The van der Waals surface area contributed by atoms with Gasteiger partial charge in [-0.15, -0.1) is 5.10 Å². The Morgan fingerprint density at radius 3 is 2.48 bits per heavy atom. The summed E-state index contributed by atoms with van der Waals surface area (Å²) in [6.45, 7) is 1.70. The molecule has 1 unspecified atom stereocenters. The van der Waals surface area contributed by atoms with Crippen LogP contribution in [0.15, 0.2) is 52.7 Å². The van der Waals surface area contributed by atoms with E-state index in [2.05, 4.69) is 10.2 Å². The Balaban J connectivity index is 1.71. The predicted molar refractivity (Wildman–Crippen MR) is 115 cm³/mol. The monoisotopic (exact) mass is 452 g/mol. The van der Waals surface area contributed by atoms with Crippen LogP contribution in [0.5, 0.6) is 0 Å². The third-order valence-electron chi connectivity index (χ3n) is 4.09. The quantitative estimate of drug-likeness (QED) is 0.325. The van der Waals surface area contributed by atoms with Gasteiger partial charge in [0.1, 0.15) is 11.1 Å². The highest BCUT2D eigenvalue weighted by atomic mass is 35.5. The van der Waals surface area contributed by atoms with Crippen LogP contribution in [-0.4, -0.2) is 27.9 Å². The van der Waals surface area contributed by atoms with Gasteiger partial charge in [0, 0.05) is 6.42 Å². The molecule has 2 N–H and O–H groups in total. The summed E-state index contributed by atoms with van der Waals surface area (Å²) >= 11 is 12.8. The lowest BCUT2D eigenvalue weighted by Crippen LogP contribution is -2.31. The maximum atomic E-state index is 13.0. The molecule has 10 heteroatoms. The van der Waals surface area contributed by atoms with Gasteiger partial charge in [0.25, 0.3) is 0 Å². The van der Waals surface area contributed by atoms with Gasteiger partial charge >= 0.3 is 0 Å². The first-order valence-corrected chi connectivity index (χ1v) is 10.0. The van der Waals surface area contributed by atoms with E-state index in [0.717, 1.165) is 16.7 Å². The SMILES string of the molecule is CC(=NN=C(N)SC1CC(=O)N(c2ccc(Cl)c(Cl)c2)C1=O)c1ccc(F)cc1. The average Bonchev–Trinajstić information content (AvgIpc) is 2.96. The van der Waals surface area contributed by atoms with E-state index >= 15 is 0 Å². The molecule has 0 saturated carbocycles. The number of halogens is 3. The van der Waals surface area contributed by atoms with E-state index in [0.29, 0.717) is 22.0 Å². The van der Waals surface area contributed by atoms with Crippen molar-refractivity contribution >= 4 is 63.3 Å². The Bertz CT molecular complexity index is 1030. The van der Waals surface area contributed by atoms with Crippen LogP contribution in [0.4, 0.5) is 10.1 Å². The third-order valence-corrected chi connectivity index (χ3v) is 5.81. The zero-order valence-electron chi connectivity index (χ0n) is 15.1. The number of imide groups is 1. The largest absolute Gasteiger partial charge is 0.377 e. The van der Waals surface area contributed by atoms with Crippen LogP contribution >= 0.6 is 35.0 Å². The molecule has 29 heavy (non-hydrogen) atoms. The molecule has 1 heterocycles. The van der Waals surface area contributed by atoms with Crippen molar-refractivity contribution in [1.82, 2.24) is 0 Å². The van der Waals surface area contributed by atoms with Crippen LogP contribution in [0.1, 0.15) is 18.9 Å². The minimum Gasteiger partial charge on any atom is -0.377 e. The fourth-order valence-electron chi connectivity index (χ4n) is 2.63. The standard InChI is InChI=1S/C19H15Cl2FN4O2S/c1-10(11-2-4-12(22)5-3-11)24-25-19(23)29-16-9-17(27)26(18(16)28)13-6-7-14(20)15(21)8-13/h2-8,16H,9H2,1H3,(H2,23,25). The molecule has 0 aromatic heterocycles. The second kappa shape index (κ2) is 8.94. The minimum absolute atomic E-state index is 0.0272. The highest BCUT2D eigenvalue weighted by molar-refractivity contribution is 8.14. The van der Waals surface area contributed by atoms with Gasteiger partial charge in [-0.25, -0.2) is 9.29 Å². The molecule has 3 rings (SSSR count). The van der Waals surface area contributed by atoms with Crippen LogP contribution in [0.25, 0.3) is 0 Å². The Morgan fingerprint density at radius 2 is 1.83 bits per heavy atom. The van der Waals surface area contributed by atoms with Gasteiger partial charge in [0.05, 0.1) is 21.4 Å². The van der Waals surface area contributed by atoms with Crippen molar-refractivity contribution in [2.24, 2.45) is 15.9 Å². The second-order valence-electron chi connectivity index (χ2n) is 6.11. The van der Waals surface area contributed by atoms with Crippen LogP contribution in [0.2, 0.25) is 10.0 Å². The summed E-state index contributed by atoms with van der Waals surface area (Å²) in [5.74, 6) is -1.14. The molecule has 1 saturated heterocycles. The number of carbonyl (C=O) groups excluding carboxylic acids is 2. The number of nitrogens with two attached hydrogens (primary N) is 1. The van der Waals surface area contributed by atoms with Crippen LogP contribution in [0.3, 0.4) is 0 Å². The summed E-state index contributed by atoms with van der Waals surface area (Å²) < 4.78 is 13.0. The molecule has 1 atom stereocenters. The van der Waals surface area contributed by atoms with Crippen LogP contribution in [0, 0.1) is 5.82 Å². The van der Waals surface area contributed by atoms with Gasteiger partial charge < -0.3 is 5.73 Å². The van der Waals surface area contributed by atoms with Crippen molar-refractivity contribution in [1.29, 1.82) is 0 Å². The molecule has 0 bridgehead atoms. The van der Waals surface area contributed by atoms with Gasteiger partial charge in [0.15, 0.2) is 5.17 Å². The normalized spacial score (nSPS) is 17.9. The van der Waals surface area contributed by atoms with Crippen molar-refractivity contribution in [2.75, 3.05) is 4.90 Å². The number of carbonyl (C=O) groups is 2. The summed E-state index contributed by atoms with van der Waals surface area (Å²) in [7, 11) is 0. The lowest BCUT2D eigenvalue weighted by atomic mass is 10.1. The first-order chi connectivity index (χ1) is 13.8. The summed E-state index contributed by atoms with van der Waals surface area (Å²) in [6.07, 6.45) is -0.0272. The summed E-state index contributed by atoms with van der Waals surface area (Å²) in [5.41, 5.74) is 7.42. The molecule has 2 aromatic rings. The smallest absolute Gasteiger partial charge is 0.247 e. The number of amidine groups is 1. The van der Waals surface area contributed by atoms with Crippen molar-refractivity contribution in [3.05, 3.63) is 63.9 Å². The van der Waals surface area contributed by atoms with E-state index in [9.17, 15) is 14.0 Å². The Labute approximate surface area is 180 Å². The molecule has 2 amide bonds. The van der Waals surface area contributed by atoms with Crippen LogP contribution < -0.4 is 10.6 Å². The molecule has 0 aliphatic carbocycles. The van der Waals surface area contributed by atoms with E-state index in [1.165, 1.54) is 24.3 Å². The Kier molecular flexibility index (Phi) is 6.56. The lowest BCUT2D eigenvalue weighted by Gasteiger charge is -2.15. The van der Waals surface area contributed by atoms with Crippen molar-refractivity contribution in [2.45, 2.75) is 18.6 Å². The van der Waals surface area contributed by atoms with E-state index in [1.54, 1.807) is 25.1 Å². The summed E-state index contributed by atoms with van der Waals surface area (Å²) in [5, 5.41) is 7.79. The summed E-state index contributed by atoms with van der Waals surface area (Å²) in [4.78, 5) is 26.1. The van der Waals surface area contributed by atoms with Gasteiger partial charge in [-0.1, -0.05) is 47.1 Å². The van der Waals surface area contributed by atoms with E-state index in [-0.39, 0.29) is 28.3 Å². The number of nitrogens with zero attached hydrogens (tertiary/aromatic N) is 3. The second-order valence-corrected chi connectivity index (χ2v) is 8.14. The number of hydrogen-bond acceptors (Lipinski definition) is 5. The minimum atomic E-state index is -0.720. The van der Waals surface area contributed by atoms with Gasteiger partial charge in [-0.2, -0.15) is 5.10 Å². The zero-order valence-corrected chi connectivity index (χ0v) is 17.4. The highest BCUT2D eigenvalue weighted by Crippen LogP contribution is 2.33. The summed E-state index contributed by atoms with van der Waals surface area (Å²) in [6, 6.07) is 10.3. The molecule has 0 spiro atoms. The number of benzene rings is 2. The number of rotatable bonds is 4. The van der Waals surface area contributed by atoms with E-state index in [1.807, 2.05) is 0 Å². The van der Waals surface area contributed by atoms with Crippen molar-refractivity contribution in [3.63, 3.8) is 0 Å². The molecule has 1 aliphatic heterocycles. The van der Waals surface area contributed by atoms with Crippen LogP contribution in [-0.2, 0) is 9.59 Å². The number of anilines is 1. The van der Waals surface area contributed by atoms with Crippen molar-refractivity contribution in [3.8, 4) is 0 Å². The molecule has 2 aromatic carbocycles. The maximum Gasteiger partial charge on any atom is 0.247 e. The van der Waals surface area contributed by atoms with Gasteiger partial charge in [-0.3, -0.25) is 9.59 Å². The number of hydrogen-bond donors (Lipinski definition) is 1. The fraction of sp³-hybridized carbons (Fsp3) is 0.158. The lowest BCUT2D eigenvalue weighted by molar-refractivity contribution is -0.121. The molecule has 1 fully saturated rings. The third kappa shape index (κ3) is 4.95. The maximum absolute atomic E-state index is 13.0. The molecule has 1 aliphatic rings. The highest BCUT2D eigenvalue weighted by Gasteiger charge is 2.40. The molecule has 6 nitrogen and oxygen atoms in total. The molecule has 150 valence electrons. The fourth-order valence-corrected chi connectivity index (χ4v) is 3.74. The molecule has 0 radical (unpaired) electrons. The topological polar surface area (TPSA) is 88.1 Å². The number of amides is 2. The predicted octanol–water partition coefficient (Wildman–Crippen LogP) is 4.24. The van der Waals surface area contributed by atoms with Gasteiger partial charge in [-0.05, 0) is 42.8 Å². The van der Waals surface area contributed by atoms with E-state index < -0.39 is 11.2 Å². The molecular formula is C19H15Cl2FN4O2S. The Morgan fingerprint density at radius 1 is 1.14 bits per heavy atom. The zero-order chi connectivity index (χ0) is 21.1. The average molecular weight is 453 g/mol. The Hall–Kier alpha value is -2.42. The van der Waals surface area contributed by atoms with Gasteiger partial charge in [0.2, 0.25) is 11.8 Å². The van der Waals surface area contributed by atoms with E-state index in [4.69, 9.17) is 28.9 Å².